The number of carbonyl (C=O) groups excluding carboxylic acids is 1. The zero-order valence-electron chi connectivity index (χ0n) is 11.8. The number of carbonyl (C=O) groups is 1. The molecule has 0 heterocycles. The summed E-state index contributed by atoms with van der Waals surface area (Å²) in [5.41, 5.74) is -0.214. The molecule has 0 aliphatic rings. The van der Waals surface area contributed by atoms with Crippen LogP contribution in [-0.4, -0.2) is 55.9 Å². The van der Waals surface area contributed by atoms with Gasteiger partial charge in [0.05, 0.1) is 0 Å². The quantitative estimate of drug-likeness (QED) is 0.634. The van der Waals surface area contributed by atoms with Crippen LogP contribution < -0.4 is 0 Å². The van der Waals surface area contributed by atoms with Gasteiger partial charge in [-0.25, -0.2) is 0 Å². The highest BCUT2D eigenvalue weighted by Crippen LogP contribution is 2.18. The average molecular weight is 228 g/mol. The van der Waals surface area contributed by atoms with Crippen LogP contribution in [0.5, 0.6) is 0 Å². The zero-order chi connectivity index (χ0) is 12.8. The van der Waals surface area contributed by atoms with Gasteiger partial charge in [-0.15, -0.1) is 0 Å². The Morgan fingerprint density at radius 3 is 2.12 bits per heavy atom. The Bertz CT molecular complexity index is 212. The highest BCUT2D eigenvalue weighted by molar-refractivity contribution is 5.81. The molecule has 0 N–H and O–H groups in total. The molecule has 0 saturated heterocycles. The van der Waals surface area contributed by atoms with E-state index in [1.807, 2.05) is 13.8 Å². The Hall–Kier alpha value is -0.410. The van der Waals surface area contributed by atoms with E-state index in [0.29, 0.717) is 0 Å². The van der Waals surface area contributed by atoms with Crippen LogP contribution >= 0.6 is 0 Å². The minimum Gasteiger partial charge on any atom is -0.309 e. The molecule has 0 saturated carbocycles. The summed E-state index contributed by atoms with van der Waals surface area (Å²) < 4.78 is 0. The first-order chi connectivity index (χ1) is 7.29. The predicted molar refractivity (Wildman–Crippen MR) is 69.7 cm³/mol. The molecule has 16 heavy (non-hydrogen) atoms. The lowest BCUT2D eigenvalue weighted by molar-refractivity contribution is -0.125. The molecular weight excluding hydrogens is 200 g/mol. The fourth-order valence-corrected chi connectivity index (χ4v) is 1.63. The van der Waals surface area contributed by atoms with E-state index in [0.717, 1.165) is 32.6 Å². The van der Waals surface area contributed by atoms with Crippen LogP contribution in [0.3, 0.4) is 0 Å². The molecule has 0 rings (SSSR count). The number of Topliss-reactive ketones (excluding diaryl/α,β-unsaturated/α-hetero) is 1. The van der Waals surface area contributed by atoms with Gasteiger partial charge < -0.3 is 9.80 Å². The summed E-state index contributed by atoms with van der Waals surface area (Å²) in [6, 6.07) is 0. The summed E-state index contributed by atoms with van der Waals surface area (Å²) >= 11 is 0. The fraction of sp³-hybridized carbons (Fsp3) is 0.923. The standard InChI is InChI=1S/C13H28N2O/c1-7-15(10-8-9-14(5)6)11-13(3,4)12(2)16/h7-11H2,1-6H3. The normalized spacial score (nSPS) is 12.5. The SMILES string of the molecule is CCN(CCCN(C)C)CC(C)(C)C(C)=O. The molecule has 0 radical (unpaired) electrons. The minimum absolute atomic E-state index is 0.214. The summed E-state index contributed by atoms with van der Waals surface area (Å²) in [4.78, 5) is 16.0. The molecule has 0 aliphatic carbocycles. The molecule has 0 bridgehead atoms. The smallest absolute Gasteiger partial charge is 0.136 e. The molecule has 0 unspecified atom stereocenters. The van der Waals surface area contributed by atoms with Crippen LogP contribution in [0.1, 0.15) is 34.1 Å². The van der Waals surface area contributed by atoms with Gasteiger partial charge in [-0.05, 0) is 47.1 Å². The molecule has 0 atom stereocenters. The van der Waals surface area contributed by atoms with E-state index in [2.05, 4.69) is 30.8 Å². The third-order valence-electron chi connectivity index (χ3n) is 3.10. The summed E-state index contributed by atoms with van der Waals surface area (Å²) in [6.45, 7) is 12.0. The van der Waals surface area contributed by atoms with E-state index in [-0.39, 0.29) is 11.2 Å². The molecule has 0 aromatic heterocycles. The van der Waals surface area contributed by atoms with Crippen molar-refractivity contribution in [2.24, 2.45) is 5.41 Å². The van der Waals surface area contributed by atoms with Gasteiger partial charge in [-0.3, -0.25) is 4.79 Å². The molecule has 0 aromatic carbocycles. The Morgan fingerprint density at radius 1 is 1.19 bits per heavy atom. The third kappa shape index (κ3) is 6.23. The van der Waals surface area contributed by atoms with Gasteiger partial charge in [0, 0.05) is 12.0 Å². The molecule has 96 valence electrons. The predicted octanol–water partition coefficient (Wildman–Crippen LogP) is 1.88. The minimum atomic E-state index is -0.214. The van der Waals surface area contributed by atoms with Gasteiger partial charge in [0.15, 0.2) is 0 Å². The lowest BCUT2D eigenvalue weighted by Gasteiger charge is -2.30. The Labute approximate surface area is 101 Å². The summed E-state index contributed by atoms with van der Waals surface area (Å²) in [5.74, 6) is 0.276. The van der Waals surface area contributed by atoms with E-state index in [1.165, 1.54) is 0 Å². The number of ketones is 1. The molecule has 0 spiro atoms. The molecule has 0 amide bonds. The summed E-state index contributed by atoms with van der Waals surface area (Å²) in [5, 5.41) is 0. The van der Waals surface area contributed by atoms with Crippen LogP contribution in [0, 0.1) is 5.41 Å². The van der Waals surface area contributed by atoms with Crippen LogP contribution in [0.4, 0.5) is 0 Å². The van der Waals surface area contributed by atoms with Gasteiger partial charge in [-0.2, -0.15) is 0 Å². The lowest BCUT2D eigenvalue weighted by atomic mass is 9.88. The molecule has 3 heteroatoms. The number of nitrogens with zero attached hydrogens (tertiary/aromatic N) is 2. The van der Waals surface area contributed by atoms with Gasteiger partial charge in [0.1, 0.15) is 5.78 Å². The van der Waals surface area contributed by atoms with Crippen molar-refractivity contribution in [1.29, 1.82) is 0 Å². The van der Waals surface area contributed by atoms with Crippen molar-refractivity contribution in [2.75, 3.05) is 40.3 Å². The van der Waals surface area contributed by atoms with Crippen molar-refractivity contribution in [3.05, 3.63) is 0 Å². The van der Waals surface area contributed by atoms with E-state index in [1.54, 1.807) is 6.92 Å². The van der Waals surface area contributed by atoms with Crippen molar-refractivity contribution in [3.63, 3.8) is 0 Å². The highest BCUT2D eigenvalue weighted by atomic mass is 16.1. The summed E-state index contributed by atoms with van der Waals surface area (Å²) in [7, 11) is 4.19. The number of hydrogen-bond donors (Lipinski definition) is 0. The highest BCUT2D eigenvalue weighted by Gasteiger charge is 2.25. The van der Waals surface area contributed by atoms with Crippen molar-refractivity contribution in [1.82, 2.24) is 9.80 Å². The van der Waals surface area contributed by atoms with E-state index in [9.17, 15) is 4.79 Å². The fourth-order valence-electron chi connectivity index (χ4n) is 1.63. The first-order valence-corrected chi connectivity index (χ1v) is 6.17. The zero-order valence-corrected chi connectivity index (χ0v) is 11.8. The maximum Gasteiger partial charge on any atom is 0.136 e. The second kappa shape index (κ2) is 7.02. The molecule has 0 aliphatic heterocycles. The first-order valence-electron chi connectivity index (χ1n) is 6.17. The van der Waals surface area contributed by atoms with Gasteiger partial charge in [-0.1, -0.05) is 20.8 Å². The van der Waals surface area contributed by atoms with Crippen LogP contribution in [0.25, 0.3) is 0 Å². The van der Waals surface area contributed by atoms with Crippen LogP contribution in [0.15, 0.2) is 0 Å². The number of hydrogen-bond acceptors (Lipinski definition) is 3. The maximum absolute atomic E-state index is 11.5. The Balaban J connectivity index is 4.05. The topological polar surface area (TPSA) is 23.6 Å². The lowest BCUT2D eigenvalue weighted by Crippen LogP contribution is -2.39. The third-order valence-corrected chi connectivity index (χ3v) is 3.10. The van der Waals surface area contributed by atoms with Crippen molar-refractivity contribution in [2.45, 2.75) is 34.1 Å². The number of rotatable bonds is 8. The molecule has 0 aromatic rings. The van der Waals surface area contributed by atoms with Crippen molar-refractivity contribution >= 4 is 5.78 Å². The second-order valence-corrected chi connectivity index (χ2v) is 5.47. The second-order valence-electron chi connectivity index (χ2n) is 5.47. The Kier molecular flexibility index (Phi) is 6.84. The Morgan fingerprint density at radius 2 is 1.75 bits per heavy atom. The van der Waals surface area contributed by atoms with Crippen molar-refractivity contribution < 1.29 is 4.79 Å². The van der Waals surface area contributed by atoms with Crippen LogP contribution in [-0.2, 0) is 4.79 Å². The van der Waals surface area contributed by atoms with E-state index >= 15 is 0 Å². The van der Waals surface area contributed by atoms with E-state index in [4.69, 9.17) is 0 Å². The first kappa shape index (κ1) is 15.6. The van der Waals surface area contributed by atoms with E-state index < -0.39 is 0 Å². The monoisotopic (exact) mass is 228 g/mol. The summed E-state index contributed by atoms with van der Waals surface area (Å²) in [6.07, 6.45) is 1.16. The van der Waals surface area contributed by atoms with Gasteiger partial charge >= 0.3 is 0 Å². The maximum atomic E-state index is 11.5. The largest absolute Gasteiger partial charge is 0.309 e. The average Bonchev–Trinajstić information content (AvgIpc) is 2.15. The molecular formula is C13H28N2O. The molecule has 3 nitrogen and oxygen atoms in total. The van der Waals surface area contributed by atoms with Gasteiger partial charge in [0.2, 0.25) is 0 Å². The molecule has 0 fully saturated rings. The van der Waals surface area contributed by atoms with Crippen molar-refractivity contribution in [3.8, 4) is 0 Å². The van der Waals surface area contributed by atoms with Crippen LogP contribution in [0.2, 0.25) is 0 Å². The van der Waals surface area contributed by atoms with Gasteiger partial charge in [0.25, 0.3) is 0 Å².